The molecule has 1 aromatic carbocycles. The third-order valence-corrected chi connectivity index (χ3v) is 2.46. The molecule has 0 saturated heterocycles. The highest BCUT2D eigenvalue weighted by atomic mass is 19.1. The predicted molar refractivity (Wildman–Crippen MR) is 79.8 cm³/mol. The van der Waals surface area contributed by atoms with E-state index < -0.39 is 0 Å². The van der Waals surface area contributed by atoms with Crippen LogP contribution in [0.3, 0.4) is 0 Å². The number of aromatic nitrogens is 2. The second kappa shape index (κ2) is 5.45. The van der Waals surface area contributed by atoms with Crippen molar-refractivity contribution in [2.24, 2.45) is 0 Å². The number of nitrogens with one attached hydrogen (secondary N) is 2. The summed E-state index contributed by atoms with van der Waals surface area (Å²) in [7, 11) is 0. The Kier molecular flexibility index (Phi) is 3.88. The molecule has 0 aliphatic rings. The topological polar surface area (TPSA) is 49.8 Å². The minimum absolute atomic E-state index is 0.0755. The van der Waals surface area contributed by atoms with E-state index in [0.717, 1.165) is 17.2 Å². The summed E-state index contributed by atoms with van der Waals surface area (Å²) in [6.07, 6.45) is 0. The molecule has 0 unspecified atom stereocenters. The Bertz CT molecular complexity index is 588. The molecule has 4 nitrogen and oxygen atoms in total. The SMILES string of the molecule is Cc1cc(NC(C)(C)C)nc(Nc2ccc(F)cc2)n1. The average molecular weight is 274 g/mol. The molecule has 2 rings (SSSR count). The summed E-state index contributed by atoms with van der Waals surface area (Å²) in [5, 5.41) is 6.38. The van der Waals surface area contributed by atoms with E-state index in [1.54, 1.807) is 12.1 Å². The fourth-order valence-electron chi connectivity index (χ4n) is 1.74. The average Bonchev–Trinajstić information content (AvgIpc) is 2.29. The number of rotatable bonds is 3. The van der Waals surface area contributed by atoms with Gasteiger partial charge in [0.05, 0.1) is 0 Å². The van der Waals surface area contributed by atoms with Gasteiger partial charge in [-0.15, -0.1) is 0 Å². The van der Waals surface area contributed by atoms with Gasteiger partial charge in [0.2, 0.25) is 5.95 Å². The maximum absolute atomic E-state index is 12.9. The molecule has 106 valence electrons. The molecular formula is C15H19FN4. The number of benzene rings is 1. The van der Waals surface area contributed by atoms with Crippen molar-refractivity contribution < 1.29 is 4.39 Å². The number of aryl methyl sites for hydroxylation is 1. The molecule has 2 aromatic rings. The molecule has 0 bridgehead atoms. The van der Waals surface area contributed by atoms with Crippen LogP contribution >= 0.6 is 0 Å². The lowest BCUT2D eigenvalue weighted by atomic mass is 10.1. The van der Waals surface area contributed by atoms with E-state index >= 15 is 0 Å². The van der Waals surface area contributed by atoms with Crippen LogP contribution in [0.25, 0.3) is 0 Å². The zero-order valence-electron chi connectivity index (χ0n) is 12.2. The molecule has 0 aliphatic carbocycles. The van der Waals surface area contributed by atoms with Gasteiger partial charge in [-0.2, -0.15) is 4.98 Å². The monoisotopic (exact) mass is 274 g/mol. The molecule has 1 heterocycles. The summed E-state index contributed by atoms with van der Waals surface area (Å²) in [4.78, 5) is 8.74. The Morgan fingerprint density at radius 2 is 1.70 bits per heavy atom. The maximum atomic E-state index is 12.9. The van der Waals surface area contributed by atoms with Crippen LogP contribution < -0.4 is 10.6 Å². The van der Waals surface area contributed by atoms with Gasteiger partial charge in [0.1, 0.15) is 11.6 Å². The number of halogens is 1. The zero-order chi connectivity index (χ0) is 14.8. The summed E-state index contributed by atoms with van der Waals surface area (Å²) < 4.78 is 12.9. The standard InChI is InChI=1S/C15H19FN4/c1-10-9-13(20-15(2,3)4)19-14(17-10)18-12-7-5-11(16)6-8-12/h5-9H,1-4H3,(H2,17,18,19,20). The number of hydrogen-bond donors (Lipinski definition) is 2. The van der Waals surface area contributed by atoms with Crippen molar-refractivity contribution in [3.05, 3.63) is 41.8 Å². The van der Waals surface area contributed by atoms with Gasteiger partial charge in [0.15, 0.2) is 0 Å². The molecule has 0 amide bonds. The lowest BCUT2D eigenvalue weighted by Gasteiger charge is -2.21. The fourth-order valence-corrected chi connectivity index (χ4v) is 1.74. The van der Waals surface area contributed by atoms with Gasteiger partial charge in [0.25, 0.3) is 0 Å². The molecule has 0 spiro atoms. The van der Waals surface area contributed by atoms with Gasteiger partial charge < -0.3 is 10.6 Å². The first kappa shape index (κ1) is 14.2. The summed E-state index contributed by atoms with van der Waals surface area (Å²) in [6.45, 7) is 8.11. The molecule has 1 aromatic heterocycles. The zero-order valence-corrected chi connectivity index (χ0v) is 12.2. The molecule has 0 atom stereocenters. The van der Waals surface area contributed by atoms with E-state index in [2.05, 4.69) is 41.4 Å². The first-order valence-electron chi connectivity index (χ1n) is 6.48. The second-order valence-electron chi connectivity index (χ2n) is 5.73. The normalized spacial score (nSPS) is 11.2. The van der Waals surface area contributed by atoms with Crippen LogP contribution in [0.4, 0.5) is 21.8 Å². The van der Waals surface area contributed by atoms with E-state index in [9.17, 15) is 4.39 Å². The first-order valence-corrected chi connectivity index (χ1v) is 6.48. The number of anilines is 3. The molecule has 0 saturated carbocycles. The third-order valence-electron chi connectivity index (χ3n) is 2.46. The Morgan fingerprint density at radius 3 is 2.30 bits per heavy atom. The lowest BCUT2D eigenvalue weighted by Crippen LogP contribution is -2.27. The highest BCUT2D eigenvalue weighted by molar-refractivity contribution is 5.55. The van der Waals surface area contributed by atoms with Gasteiger partial charge >= 0.3 is 0 Å². The Morgan fingerprint density at radius 1 is 1.05 bits per heavy atom. The van der Waals surface area contributed by atoms with Gasteiger partial charge in [-0.25, -0.2) is 9.37 Å². The van der Waals surface area contributed by atoms with Crippen LogP contribution in [0.15, 0.2) is 30.3 Å². The van der Waals surface area contributed by atoms with Crippen LogP contribution in [0, 0.1) is 12.7 Å². The van der Waals surface area contributed by atoms with Crippen LogP contribution in [-0.4, -0.2) is 15.5 Å². The summed E-state index contributed by atoms with van der Waals surface area (Å²) in [5.41, 5.74) is 1.53. The molecule has 0 radical (unpaired) electrons. The molecule has 0 aliphatic heterocycles. The van der Waals surface area contributed by atoms with Gasteiger partial charge in [-0.1, -0.05) is 0 Å². The third kappa shape index (κ3) is 4.19. The van der Waals surface area contributed by atoms with E-state index in [0.29, 0.717) is 5.95 Å². The highest BCUT2D eigenvalue weighted by Crippen LogP contribution is 2.18. The van der Waals surface area contributed by atoms with Crippen molar-refractivity contribution in [3.63, 3.8) is 0 Å². The molecule has 2 N–H and O–H groups in total. The largest absolute Gasteiger partial charge is 0.365 e. The van der Waals surface area contributed by atoms with Crippen molar-refractivity contribution >= 4 is 17.5 Å². The minimum atomic E-state index is -0.268. The number of nitrogens with zero attached hydrogens (tertiary/aromatic N) is 2. The van der Waals surface area contributed by atoms with Crippen molar-refractivity contribution in [2.75, 3.05) is 10.6 Å². The van der Waals surface area contributed by atoms with Crippen LogP contribution in [0.2, 0.25) is 0 Å². The first-order chi connectivity index (χ1) is 9.32. The Labute approximate surface area is 118 Å². The Balaban J connectivity index is 2.21. The van der Waals surface area contributed by atoms with E-state index in [1.807, 2.05) is 13.0 Å². The number of hydrogen-bond acceptors (Lipinski definition) is 4. The smallest absolute Gasteiger partial charge is 0.229 e. The van der Waals surface area contributed by atoms with Crippen molar-refractivity contribution in [3.8, 4) is 0 Å². The van der Waals surface area contributed by atoms with Crippen LogP contribution in [-0.2, 0) is 0 Å². The molecule has 20 heavy (non-hydrogen) atoms. The van der Waals surface area contributed by atoms with Gasteiger partial charge in [-0.05, 0) is 52.0 Å². The Hall–Kier alpha value is -2.17. The van der Waals surface area contributed by atoms with Crippen molar-refractivity contribution in [1.29, 1.82) is 0 Å². The minimum Gasteiger partial charge on any atom is -0.365 e. The fraction of sp³-hybridized carbons (Fsp3) is 0.333. The lowest BCUT2D eigenvalue weighted by molar-refractivity contribution is 0.628. The van der Waals surface area contributed by atoms with E-state index in [-0.39, 0.29) is 11.4 Å². The second-order valence-corrected chi connectivity index (χ2v) is 5.73. The quantitative estimate of drug-likeness (QED) is 0.891. The summed E-state index contributed by atoms with van der Waals surface area (Å²) in [5.74, 6) is 0.980. The van der Waals surface area contributed by atoms with E-state index in [1.165, 1.54) is 12.1 Å². The van der Waals surface area contributed by atoms with E-state index in [4.69, 9.17) is 0 Å². The van der Waals surface area contributed by atoms with Crippen molar-refractivity contribution in [2.45, 2.75) is 33.2 Å². The van der Waals surface area contributed by atoms with Crippen LogP contribution in [0.5, 0.6) is 0 Å². The van der Waals surface area contributed by atoms with Gasteiger partial charge in [-0.3, -0.25) is 0 Å². The van der Waals surface area contributed by atoms with Crippen LogP contribution in [0.1, 0.15) is 26.5 Å². The maximum Gasteiger partial charge on any atom is 0.229 e. The molecule has 0 fully saturated rings. The van der Waals surface area contributed by atoms with Crippen molar-refractivity contribution in [1.82, 2.24) is 9.97 Å². The molecule has 5 heteroatoms. The summed E-state index contributed by atoms with van der Waals surface area (Å²) in [6, 6.07) is 7.98. The highest BCUT2D eigenvalue weighted by Gasteiger charge is 2.11. The summed E-state index contributed by atoms with van der Waals surface area (Å²) >= 11 is 0. The van der Waals surface area contributed by atoms with Gasteiger partial charge in [0, 0.05) is 23.0 Å². The predicted octanol–water partition coefficient (Wildman–Crippen LogP) is 3.88. The molecular weight excluding hydrogens is 255 g/mol.